The fraction of sp³-hybridized carbons (Fsp3) is 0.0333. The van der Waals surface area contributed by atoms with Crippen LogP contribution in [-0.2, 0) is 0 Å². The van der Waals surface area contributed by atoms with E-state index in [-0.39, 0.29) is 0 Å². The van der Waals surface area contributed by atoms with E-state index < -0.39 is 11.9 Å². The largest absolute Gasteiger partial charge is 0.422 e. The van der Waals surface area contributed by atoms with Crippen molar-refractivity contribution in [3.63, 3.8) is 0 Å². The highest BCUT2D eigenvalue weighted by molar-refractivity contribution is 9.10. The second-order valence-electron chi connectivity index (χ2n) is 8.54. The summed E-state index contributed by atoms with van der Waals surface area (Å²) < 4.78 is 6.38. The number of nitrogens with zero attached hydrogens (tertiary/aromatic N) is 1. The molecular formula is C30H21BrClN3O3. The van der Waals surface area contributed by atoms with Gasteiger partial charge in [-0.2, -0.15) is 5.10 Å². The van der Waals surface area contributed by atoms with Crippen molar-refractivity contribution < 1.29 is 14.3 Å². The predicted octanol–water partition coefficient (Wildman–Crippen LogP) is 7.54. The molecule has 0 radical (unpaired) electrons. The van der Waals surface area contributed by atoms with Crippen LogP contribution in [0.2, 0.25) is 5.02 Å². The first-order valence-electron chi connectivity index (χ1n) is 11.7. The average Bonchev–Trinajstić information content (AvgIpc) is 3.32. The minimum atomic E-state index is -0.492. The van der Waals surface area contributed by atoms with Crippen LogP contribution in [0.1, 0.15) is 32.0 Å². The summed E-state index contributed by atoms with van der Waals surface area (Å²) >= 11 is 9.83. The van der Waals surface area contributed by atoms with Crippen molar-refractivity contribution in [2.75, 3.05) is 0 Å². The average molecular weight is 587 g/mol. The zero-order chi connectivity index (χ0) is 26.6. The maximum absolute atomic E-state index is 13.3. The Morgan fingerprint density at radius 1 is 0.974 bits per heavy atom. The van der Waals surface area contributed by atoms with Crippen LogP contribution in [0.25, 0.3) is 22.0 Å². The van der Waals surface area contributed by atoms with E-state index in [2.05, 4.69) is 31.4 Å². The molecule has 0 spiro atoms. The number of rotatable bonds is 6. The number of H-pyrrole nitrogens is 1. The fourth-order valence-corrected chi connectivity index (χ4v) is 4.64. The van der Waals surface area contributed by atoms with E-state index in [1.165, 1.54) is 6.21 Å². The highest BCUT2D eigenvalue weighted by Crippen LogP contribution is 2.35. The Morgan fingerprint density at radius 3 is 2.50 bits per heavy atom. The van der Waals surface area contributed by atoms with Crippen LogP contribution < -0.4 is 10.2 Å². The first-order valence-corrected chi connectivity index (χ1v) is 12.9. The molecule has 0 saturated heterocycles. The minimum Gasteiger partial charge on any atom is -0.422 e. The van der Waals surface area contributed by atoms with Crippen LogP contribution >= 0.6 is 27.5 Å². The molecule has 0 atom stereocenters. The molecule has 4 aromatic carbocycles. The van der Waals surface area contributed by atoms with Crippen LogP contribution in [0, 0.1) is 6.92 Å². The summed E-state index contributed by atoms with van der Waals surface area (Å²) in [5, 5.41) is 5.49. The van der Waals surface area contributed by atoms with E-state index in [1.807, 2.05) is 61.5 Å². The maximum atomic E-state index is 13.3. The van der Waals surface area contributed by atoms with Crippen molar-refractivity contribution in [3.8, 4) is 16.9 Å². The Hall–Kier alpha value is -4.20. The monoisotopic (exact) mass is 585 g/mol. The maximum Gasteiger partial charge on any atom is 0.343 e. The topological polar surface area (TPSA) is 83.5 Å². The molecule has 0 saturated carbocycles. The summed E-state index contributed by atoms with van der Waals surface area (Å²) in [5.74, 6) is -0.631. The number of amides is 1. The number of nitrogens with one attached hydrogen (secondary N) is 2. The second kappa shape index (κ2) is 11.0. The van der Waals surface area contributed by atoms with Gasteiger partial charge in [-0.15, -0.1) is 0 Å². The van der Waals surface area contributed by atoms with Gasteiger partial charge < -0.3 is 9.72 Å². The van der Waals surface area contributed by atoms with E-state index in [4.69, 9.17) is 16.3 Å². The molecule has 38 heavy (non-hydrogen) atoms. The van der Waals surface area contributed by atoms with Crippen LogP contribution in [0.15, 0.2) is 101 Å². The van der Waals surface area contributed by atoms with Gasteiger partial charge in [-0.1, -0.05) is 87.7 Å². The smallest absolute Gasteiger partial charge is 0.343 e. The third kappa shape index (κ3) is 5.39. The van der Waals surface area contributed by atoms with Gasteiger partial charge in [0.25, 0.3) is 5.91 Å². The number of carbonyl (C=O) groups excluding carboxylic acids is 2. The lowest BCUT2D eigenvalue weighted by molar-refractivity contribution is 0.0734. The molecule has 0 aliphatic rings. The third-order valence-electron chi connectivity index (χ3n) is 5.90. The number of carbonyl (C=O) groups is 2. The first-order chi connectivity index (χ1) is 18.4. The van der Waals surface area contributed by atoms with E-state index >= 15 is 0 Å². The number of aryl methyl sites for hydroxylation is 1. The van der Waals surface area contributed by atoms with Gasteiger partial charge in [0, 0.05) is 21.0 Å². The fourth-order valence-electron chi connectivity index (χ4n) is 4.03. The Labute approximate surface area is 232 Å². The molecular weight excluding hydrogens is 566 g/mol. The Balaban J connectivity index is 1.41. The van der Waals surface area contributed by atoms with Crippen molar-refractivity contribution in [2.45, 2.75) is 6.92 Å². The molecule has 1 heterocycles. The number of hydrogen-bond donors (Lipinski definition) is 2. The van der Waals surface area contributed by atoms with Gasteiger partial charge in [0.1, 0.15) is 11.4 Å². The number of fused-ring (bicyclic) bond motifs is 1. The number of aromatic amines is 1. The SMILES string of the molecule is Cc1ccc(C(=O)Oc2ccc(Br)cc2C=NNC(=O)c2[nH]c3c(Cl)cccc3c2-c2ccccc2)cc1. The molecule has 1 amide bonds. The van der Waals surface area contributed by atoms with E-state index in [0.29, 0.717) is 33.1 Å². The van der Waals surface area contributed by atoms with Crippen molar-refractivity contribution in [3.05, 3.63) is 123 Å². The number of hydrogen-bond acceptors (Lipinski definition) is 4. The first kappa shape index (κ1) is 25.4. The molecule has 188 valence electrons. The van der Waals surface area contributed by atoms with Gasteiger partial charge in [-0.05, 0) is 48.9 Å². The van der Waals surface area contributed by atoms with Gasteiger partial charge in [-0.3, -0.25) is 4.79 Å². The second-order valence-corrected chi connectivity index (χ2v) is 9.86. The molecule has 0 fully saturated rings. The van der Waals surface area contributed by atoms with Crippen LogP contribution in [-0.4, -0.2) is 23.1 Å². The van der Waals surface area contributed by atoms with Gasteiger partial charge in [0.15, 0.2) is 0 Å². The van der Waals surface area contributed by atoms with Crippen molar-refractivity contribution in [2.24, 2.45) is 5.10 Å². The van der Waals surface area contributed by atoms with Gasteiger partial charge >= 0.3 is 5.97 Å². The van der Waals surface area contributed by atoms with Crippen LogP contribution in [0.3, 0.4) is 0 Å². The van der Waals surface area contributed by atoms with Crippen molar-refractivity contribution in [1.29, 1.82) is 0 Å². The third-order valence-corrected chi connectivity index (χ3v) is 6.71. The number of aromatic nitrogens is 1. The molecule has 0 aliphatic carbocycles. The number of para-hydroxylation sites is 1. The molecule has 0 unspecified atom stereocenters. The molecule has 1 aromatic heterocycles. The van der Waals surface area contributed by atoms with Crippen LogP contribution in [0.4, 0.5) is 0 Å². The summed E-state index contributed by atoms with van der Waals surface area (Å²) in [7, 11) is 0. The zero-order valence-corrected chi connectivity index (χ0v) is 22.5. The zero-order valence-electron chi connectivity index (χ0n) is 20.2. The van der Waals surface area contributed by atoms with Crippen LogP contribution in [0.5, 0.6) is 5.75 Å². The normalized spacial score (nSPS) is 11.1. The quantitative estimate of drug-likeness (QED) is 0.0933. The van der Waals surface area contributed by atoms with Crippen molar-refractivity contribution >= 4 is 56.5 Å². The Bertz CT molecular complexity index is 1680. The summed E-state index contributed by atoms with van der Waals surface area (Å²) in [6.45, 7) is 1.94. The summed E-state index contributed by atoms with van der Waals surface area (Å²) in [6, 6.07) is 27.4. The molecule has 0 aliphatic heterocycles. The van der Waals surface area contributed by atoms with E-state index in [9.17, 15) is 9.59 Å². The molecule has 2 N–H and O–H groups in total. The standard InChI is InChI=1S/C30H21BrClN3O3/c1-18-10-12-20(13-11-18)30(37)38-25-15-14-22(31)16-21(25)17-33-35-29(36)28-26(19-6-3-2-4-7-19)23-8-5-9-24(32)27(23)34-28/h2-17,34H,1H3,(H,35,36). The minimum absolute atomic E-state index is 0.305. The summed E-state index contributed by atoms with van der Waals surface area (Å²) in [4.78, 5) is 29.1. The highest BCUT2D eigenvalue weighted by Gasteiger charge is 2.20. The van der Waals surface area contributed by atoms with Gasteiger partial charge in [0.2, 0.25) is 0 Å². The molecule has 0 bridgehead atoms. The van der Waals surface area contributed by atoms with Crippen molar-refractivity contribution in [1.82, 2.24) is 10.4 Å². The van der Waals surface area contributed by atoms with Gasteiger partial charge in [-0.25, -0.2) is 10.2 Å². The molecule has 5 aromatic rings. The van der Waals surface area contributed by atoms with Gasteiger partial charge in [0.05, 0.1) is 22.3 Å². The molecule has 5 rings (SSSR count). The number of esters is 1. The Morgan fingerprint density at radius 2 is 1.74 bits per heavy atom. The number of benzene rings is 4. The summed E-state index contributed by atoms with van der Waals surface area (Å²) in [5.41, 5.74) is 7.15. The lowest BCUT2D eigenvalue weighted by Crippen LogP contribution is -2.19. The highest BCUT2D eigenvalue weighted by atomic mass is 79.9. The lowest BCUT2D eigenvalue weighted by Gasteiger charge is -2.08. The predicted molar refractivity (Wildman–Crippen MR) is 154 cm³/mol. The summed E-state index contributed by atoms with van der Waals surface area (Å²) in [6.07, 6.45) is 1.43. The number of ether oxygens (including phenoxy) is 1. The Kier molecular flexibility index (Phi) is 7.40. The van der Waals surface area contributed by atoms with E-state index in [1.54, 1.807) is 36.4 Å². The lowest BCUT2D eigenvalue weighted by atomic mass is 10.0. The number of halogens is 2. The van der Waals surface area contributed by atoms with E-state index in [0.717, 1.165) is 26.5 Å². The molecule has 6 nitrogen and oxygen atoms in total. The number of hydrazone groups is 1. The molecule has 8 heteroatoms.